The number of aliphatic hydroxyl groups excluding tert-OH is 7. The van der Waals surface area contributed by atoms with Gasteiger partial charge in [0, 0.05) is 6.42 Å². The quantitative estimate of drug-likeness (QED) is 0.0628. The normalized spacial score (nSPS) is 33.9. The number of aliphatic hydroxyl groups is 7. The van der Waals surface area contributed by atoms with Crippen molar-refractivity contribution in [2.75, 3.05) is 13.2 Å². The van der Waals surface area contributed by atoms with Gasteiger partial charge in [-0.15, -0.1) is 0 Å². The Morgan fingerprint density at radius 2 is 1.36 bits per heavy atom. The summed E-state index contributed by atoms with van der Waals surface area (Å²) in [5.41, 5.74) is 0. The number of hydrogen-bond donors (Lipinski definition) is 7. The van der Waals surface area contributed by atoms with Crippen molar-refractivity contribution in [2.24, 2.45) is 0 Å². The number of carbonyl (C=O) groups is 1. The van der Waals surface area contributed by atoms with E-state index in [4.69, 9.17) is 18.9 Å². The molecule has 12 nitrogen and oxygen atoms in total. The standard InChI is InChI=1S/C30H52O12/c1-2-3-4-5-6-7-8-9-10-11-12-13-14-15-16-17-22(32)39-19-21-23(33)24(34)27(37)30(41-21)42-28-20(18-31)40-29(38)26(36)25(28)35/h6-7,9-10,20-21,23-31,33-38H,2-5,8,11-19H2,1H3/b7-6-,10-9-/t20-,21-,23-,24+,25-,26-,27-,28-,29?,30-/m1/s1. The van der Waals surface area contributed by atoms with Crippen LogP contribution in [0.25, 0.3) is 0 Å². The van der Waals surface area contributed by atoms with Crippen LogP contribution in [0.3, 0.4) is 0 Å². The van der Waals surface area contributed by atoms with E-state index in [1.54, 1.807) is 0 Å². The topological polar surface area (TPSA) is 196 Å². The molecule has 2 saturated heterocycles. The van der Waals surface area contributed by atoms with Crippen molar-refractivity contribution in [1.82, 2.24) is 0 Å². The maximum Gasteiger partial charge on any atom is 0.305 e. The zero-order valence-corrected chi connectivity index (χ0v) is 24.7. The Morgan fingerprint density at radius 1 is 0.714 bits per heavy atom. The van der Waals surface area contributed by atoms with Crippen molar-refractivity contribution in [3.8, 4) is 0 Å². The van der Waals surface area contributed by atoms with Crippen LogP contribution in [0, 0.1) is 0 Å². The lowest BCUT2D eigenvalue weighted by Crippen LogP contribution is -2.64. The van der Waals surface area contributed by atoms with Crippen LogP contribution in [0.15, 0.2) is 24.3 Å². The molecule has 0 radical (unpaired) electrons. The smallest absolute Gasteiger partial charge is 0.305 e. The van der Waals surface area contributed by atoms with Crippen molar-refractivity contribution in [1.29, 1.82) is 0 Å². The maximum atomic E-state index is 12.2. The minimum atomic E-state index is -1.77. The van der Waals surface area contributed by atoms with Crippen molar-refractivity contribution >= 4 is 5.97 Å². The first-order valence-electron chi connectivity index (χ1n) is 15.3. The van der Waals surface area contributed by atoms with Gasteiger partial charge >= 0.3 is 5.97 Å². The number of ether oxygens (including phenoxy) is 4. The first-order valence-corrected chi connectivity index (χ1v) is 15.3. The molecule has 0 saturated carbocycles. The van der Waals surface area contributed by atoms with E-state index in [9.17, 15) is 40.5 Å². The SMILES string of the molecule is CCCCC/C=C\C/C=C\CCCCCCCC(=O)OC[C@H]1O[C@H](O[C@H]2[C@H](O)[C@@H](O)C(O)O[C@@H]2CO)[C@H](O)[C@@H](O)[C@@H]1O. The first-order chi connectivity index (χ1) is 20.2. The number of carbonyl (C=O) groups excluding carboxylic acids is 1. The lowest BCUT2D eigenvalue weighted by atomic mass is 9.97. The molecular weight excluding hydrogens is 552 g/mol. The molecule has 12 heteroatoms. The molecule has 0 aromatic rings. The van der Waals surface area contributed by atoms with Gasteiger partial charge in [0.25, 0.3) is 0 Å². The van der Waals surface area contributed by atoms with E-state index < -0.39 is 80.6 Å². The van der Waals surface area contributed by atoms with Gasteiger partial charge in [0.1, 0.15) is 55.4 Å². The lowest BCUT2D eigenvalue weighted by Gasteiger charge is -2.45. The van der Waals surface area contributed by atoms with E-state index in [0.29, 0.717) is 6.42 Å². The number of allylic oxidation sites excluding steroid dienone is 4. The highest BCUT2D eigenvalue weighted by Gasteiger charge is 2.50. The first kappa shape index (κ1) is 36.7. The van der Waals surface area contributed by atoms with Gasteiger partial charge in [0.15, 0.2) is 12.6 Å². The molecule has 2 aliphatic rings. The van der Waals surface area contributed by atoms with E-state index in [1.165, 1.54) is 19.3 Å². The van der Waals surface area contributed by atoms with E-state index in [2.05, 4.69) is 31.2 Å². The molecule has 1 unspecified atom stereocenters. The number of rotatable bonds is 19. The zero-order valence-electron chi connectivity index (χ0n) is 24.7. The molecule has 0 amide bonds. The average molecular weight is 605 g/mol. The summed E-state index contributed by atoms with van der Waals surface area (Å²) in [4.78, 5) is 12.2. The molecule has 0 aliphatic carbocycles. The van der Waals surface area contributed by atoms with Crippen LogP contribution in [0.5, 0.6) is 0 Å². The Morgan fingerprint density at radius 3 is 2.02 bits per heavy atom. The molecule has 2 fully saturated rings. The van der Waals surface area contributed by atoms with Crippen molar-refractivity contribution in [3.05, 3.63) is 24.3 Å². The summed E-state index contributed by atoms with van der Waals surface area (Å²) >= 11 is 0. The van der Waals surface area contributed by atoms with Gasteiger partial charge in [-0.25, -0.2) is 0 Å². The monoisotopic (exact) mass is 604 g/mol. The van der Waals surface area contributed by atoms with Crippen LogP contribution < -0.4 is 0 Å². The molecule has 7 N–H and O–H groups in total. The molecule has 0 aromatic carbocycles. The molecule has 10 atom stereocenters. The van der Waals surface area contributed by atoms with Gasteiger partial charge in [0.2, 0.25) is 0 Å². The van der Waals surface area contributed by atoms with Gasteiger partial charge in [-0.1, -0.05) is 63.3 Å². The van der Waals surface area contributed by atoms with Gasteiger partial charge in [-0.3, -0.25) is 4.79 Å². The third-order valence-electron chi connectivity index (χ3n) is 7.54. The summed E-state index contributed by atoms with van der Waals surface area (Å²) < 4.78 is 21.2. The fourth-order valence-electron chi connectivity index (χ4n) is 4.88. The highest BCUT2D eigenvalue weighted by Crippen LogP contribution is 2.29. The predicted octanol–water partition coefficient (Wildman–Crippen LogP) is 0.967. The Labute approximate surface area is 248 Å². The Balaban J connectivity index is 1.64. The minimum Gasteiger partial charge on any atom is -0.463 e. The van der Waals surface area contributed by atoms with Crippen molar-refractivity contribution < 1.29 is 59.5 Å². The molecule has 2 heterocycles. The average Bonchev–Trinajstić information content (AvgIpc) is 2.98. The molecule has 0 bridgehead atoms. The molecule has 0 aromatic heterocycles. The maximum absolute atomic E-state index is 12.2. The molecule has 42 heavy (non-hydrogen) atoms. The van der Waals surface area contributed by atoms with Gasteiger partial charge in [-0.05, 0) is 38.5 Å². The van der Waals surface area contributed by atoms with E-state index in [-0.39, 0.29) is 6.42 Å². The second-order valence-corrected chi connectivity index (χ2v) is 11.0. The van der Waals surface area contributed by atoms with Gasteiger partial charge in [-0.2, -0.15) is 0 Å². The van der Waals surface area contributed by atoms with Crippen LogP contribution in [0.1, 0.15) is 84.0 Å². The second-order valence-electron chi connectivity index (χ2n) is 11.0. The third-order valence-corrected chi connectivity index (χ3v) is 7.54. The van der Waals surface area contributed by atoms with Crippen molar-refractivity contribution in [3.63, 3.8) is 0 Å². The van der Waals surface area contributed by atoms with Crippen LogP contribution in [0.4, 0.5) is 0 Å². The zero-order chi connectivity index (χ0) is 30.9. The van der Waals surface area contributed by atoms with E-state index in [0.717, 1.165) is 44.9 Å². The highest BCUT2D eigenvalue weighted by molar-refractivity contribution is 5.69. The number of esters is 1. The number of hydrogen-bond acceptors (Lipinski definition) is 12. The van der Waals surface area contributed by atoms with Crippen LogP contribution in [0.2, 0.25) is 0 Å². The summed E-state index contributed by atoms with van der Waals surface area (Å²) in [6.45, 7) is 1.09. The molecule has 2 aliphatic heterocycles. The molecule has 244 valence electrons. The van der Waals surface area contributed by atoms with E-state index in [1.807, 2.05) is 0 Å². The lowest BCUT2D eigenvalue weighted by molar-refractivity contribution is -0.355. The molecule has 2 rings (SSSR count). The van der Waals surface area contributed by atoms with Gasteiger partial charge in [0.05, 0.1) is 6.61 Å². The number of unbranched alkanes of at least 4 members (excludes halogenated alkanes) is 8. The molecular formula is C30H52O12. The summed E-state index contributed by atoms with van der Waals surface area (Å²) in [7, 11) is 0. The summed E-state index contributed by atoms with van der Waals surface area (Å²) in [5, 5.41) is 70.2. The third kappa shape index (κ3) is 12.3. The van der Waals surface area contributed by atoms with Crippen molar-refractivity contribution in [2.45, 2.75) is 145 Å². The highest BCUT2D eigenvalue weighted by atomic mass is 16.7. The fraction of sp³-hybridized carbons (Fsp3) is 0.833. The summed E-state index contributed by atoms with van der Waals surface area (Å²) in [5.74, 6) is -0.497. The Kier molecular flexibility index (Phi) is 17.9. The minimum absolute atomic E-state index is 0.183. The Bertz CT molecular complexity index is 790. The van der Waals surface area contributed by atoms with Gasteiger partial charge < -0.3 is 54.7 Å². The predicted molar refractivity (Wildman–Crippen MR) is 152 cm³/mol. The second kappa shape index (κ2) is 20.5. The Hall–Kier alpha value is -1.45. The van der Waals surface area contributed by atoms with Crippen LogP contribution in [-0.2, 0) is 23.7 Å². The van der Waals surface area contributed by atoms with Crippen LogP contribution >= 0.6 is 0 Å². The van der Waals surface area contributed by atoms with E-state index >= 15 is 0 Å². The largest absolute Gasteiger partial charge is 0.463 e. The van der Waals surface area contributed by atoms with Crippen LogP contribution in [-0.4, -0.2) is 116 Å². The molecule has 0 spiro atoms. The summed E-state index contributed by atoms with van der Waals surface area (Å²) in [6, 6.07) is 0. The summed E-state index contributed by atoms with van der Waals surface area (Å²) in [6.07, 6.45) is 4.74. The fourth-order valence-corrected chi connectivity index (χ4v) is 4.88.